The second-order valence-corrected chi connectivity index (χ2v) is 13.3. The van der Waals surface area contributed by atoms with Gasteiger partial charge in [-0.1, -0.05) is 12.1 Å². The maximum atomic E-state index is 13.8. The van der Waals surface area contributed by atoms with Crippen molar-refractivity contribution in [2.24, 2.45) is 0 Å². The van der Waals surface area contributed by atoms with E-state index in [1.165, 1.54) is 12.1 Å². The largest absolute Gasteiger partial charge is 0.508 e. The molecule has 1 aliphatic heterocycles. The number of nitrogens with one attached hydrogen (secondary N) is 4. The zero-order valence-electron chi connectivity index (χ0n) is 27.8. The molecule has 0 saturated carbocycles. The number of carboxylic acid groups (broad SMARTS) is 1. The van der Waals surface area contributed by atoms with Crippen LogP contribution in [0.2, 0.25) is 0 Å². The summed E-state index contributed by atoms with van der Waals surface area (Å²) in [6.45, 7) is 10.1. The lowest BCUT2D eigenvalue weighted by Gasteiger charge is -2.26. The maximum absolute atomic E-state index is 13.8. The van der Waals surface area contributed by atoms with E-state index in [2.05, 4.69) is 21.3 Å². The van der Waals surface area contributed by atoms with Crippen molar-refractivity contribution in [2.45, 2.75) is 96.7 Å². The molecule has 0 aliphatic carbocycles. The standard InChI is InChI=1S/C33H44N4O11/c1-32(2,3)47-29(42)34-13-7-8-22-27(40)37-26(46-31(44)45)17-21-15-19(10-12-25(21)39)18-9-11-24(38)20(14-18)16-23(28(41)35-22)36-30(43)48-33(4,5)6/h9-12,14-15,22-23,26,38-39H,7-8,13,16-17H2,1-6H3,(H,34,42)(H,35,41)(H,36,43)(H,37,40)(H,44,45)/t22-,23-,26-/m0/s1. The molecular weight excluding hydrogens is 628 g/mol. The van der Waals surface area contributed by atoms with Crippen LogP contribution >= 0.6 is 0 Å². The third-order valence-electron chi connectivity index (χ3n) is 6.85. The number of hydrogen-bond acceptors (Lipinski definition) is 10. The second kappa shape index (κ2) is 15.6. The first-order chi connectivity index (χ1) is 22.3. The van der Waals surface area contributed by atoms with Gasteiger partial charge in [0.15, 0.2) is 6.23 Å². The molecule has 262 valence electrons. The SMILES string of the molecule is CC(C)(C)OC(=O)NCCC[C@@H]1NC(=O)[C@@H](NC(=O)OC(C)(C)C)Cc2cc(ccc2O)-c2ccc(O)c(c2)C[C@H](OC(=O)O)NC1=O. The number of ether oxygens (including phenoxy) is 3. The summed E-state index contributed by atoms with van der Waals surface area (Å²) in [4.78, 5) is 63.9. The van der Waals surface area contributed by atoms with E-state index in [4.69, 9.17) is 14.2 Å². The fourth-order valence-corrected chi connectivity index (χ4v) is 4.79. The zero-order valence-corrected chi connectivity index (χ0v) is 27.8. The molecule has 0 fully saturated rings. The van der Waals surface area contributed by atoms with E-state index in [0.29, 0.717) is 11.1 Å². The molecule has 0 radical (unpaired) electrons. The van der Waals surface area contributed by atoms with E-state index in [1.807, 2.05) is 0 Å². The predicted molar refractivity (Wildman–Crippen MR) is 172 cm³/mol. The first-order valence-electron chi connectivity index (χ1n) is 15.4. The van der Waals surface area contributed by atoms with E-state index < -0.39 is 59.7 Å². The molecule has 1 heterocycles. The number of phenolic OH excluding ortho intramolecular Hbond substituents is 2. The van der Waals surface area contributed by atoms with Crippen LogP contribution in [0.4, 0.5) is 14.4 Å². The lowest BCUT2D eigenvalue weighted by atomic mass is 9.96. The molecule has 4 amide bonds. The number of fused-ring (bicyclic) bond motifs is 5. The quantitative estimate of drug-likeness (QED) is 0.133. The van der Waals surface area contributed by atoms with Crippen LogP contribution in [-0.4, -0.2) is 81.5 Å². The Bertz CT molecular complexity index is 1510. The average molecular weight is 673 g/mol. The Morgan fingerprint density at radius 1 is 0.812 bits per heavy atom. The summed E-state index contributed by atoms with van der Waals surface area (Å²) >= 11 is 0. The lowest BCUT2D eigenvalue weighted by molar-refractivity contribution is -0.132. The van der Waals surface area contributed by atoms with Gasteiger partial charge in [0, 0.05) is 24.9 Å². The van der Waals surface area contributed by atoms with E-state index >= 15 is 0 Å². The van der Waals surface area contributed by atoms with Gasteiger partial charge >= 0.3 is 18.3 Å². The van der Waals surface area contributed by atoms with Gasteiger partial charge in [0.05, 0.1) is 0 Å². The van der Waals surface area contributed by atoms with Crippen molar-refractivity contribution in [3.8, 4) is 22.6 Å². The third-order valence-corrected chi connectivity index (χ3v) is 6.85. The molecule has 3 atom stereocenters. The van der Waals surface area contributed by atoms with Crippen LogP contribution in [0.15, 0.2) is 36.4 Å². The van der Waals surface area contributed by atoms with E-state index in [1.54, 1.807) is 65.8 Å². The molecule has 0 spiro atoms. The van der Waals surface area contributed by atoms with Gasteiger partial charge in [-0.15, -0.1) is 0 Å². The zero-order chi connectivity index (χ0) is 35.8. The van der Waals surface area contributed by atoms with Gasteiger partial charge in [-0.3, -0.25) is 9.59 Å². The minimum absolute atomic E-state index is 0.0478. The van der Waals surface area contributed by atoms with Gasteiger partial charge in [0.1, 0.15) is 34.8 Å². The summed E-state index contributed by atoms with van der Waals surface area (Å²) in [6.07, 6.45) is -5.14. The smallest absolute Gasteiger partial charge is 0.507 e. The summed E-state index contributed by atoms with van der Waals surface area (Å²) in [7, 11) is 0. The highest BCUT2D eigenvalue weighted by Crippen LogP contribution is 2.31. The van der Waals surface area contributed by atoms with Crippen molar-refractivity contribution in [3.63, 3.8) is 0 Å². The number of amides is 4. The highest BCUT2D eigenvalue weighted by atomic mass is 16.7. The minimum Gasteiger partial charge on any atom is -0.508 e. The first-order valence-corrected chi connectivity index (χ1v) is 15.4. The summed E-state index contributed by atoms with van der Waals surface area (Å²) in [5.41, 5.74) is 0.0279. The number of benzene rings is 2. The number of alkyl carbamates (subject to hydrolysis) is 2. The summed E-state index contributed by atoms with van der Waals surface area (Å²) in [6, 6.07) is 6.55. The number of carbonyl (C=O) groups excluding carboxylic acids is 4. The monoisotopic (exact) mass is 672 g/mol. The number of aromatic hydroxyl groups is 2. The van der Waals surface area contributed by atoms with Crippen molar-refractivity contribution in [1.82, 2.24) is 21.3 Å². The molecule has 0 unspecified atom stereocenters. The van der Waals surface area contributed by atoms with Crippen molar-refractivity contribution in [1.29, 1.82) is 0 Å². The van der Waals surface area contributed by atoms with Crippen molar-refractivity contribution in [3.05, 3.63) is 47.5 Å². The minimum atomic E-state index is -1.69. The van der Waals surface area contributed by atoms with Crippen molar-refractivity contribution >= 4 is 30.2 Å². The second-order valence-electron chi connectivity index (χ2n) is 13.3. The number of hydrogen-bond donors (Lipinski definition) is 7. The third kappa shape index (κ3) is 11.9. The molecule has 15 heteroatoms. The van der Waals surface area contributed by atoms with Gasteiger partial charge in [0.25, 0.3) is 0 Å². The van der Waals surface area contributed by atoms with Gasteiger partial charge in [-0.2, -0.15) is 0 Å². The van der Waals surface area contributed by atoms with Crippen LogP contribution in [0.3, 0.4) is 0 Å². The molecule has 7 N–H and O–H groups in total. The highest BCUT2D eigenvalue weighted by Gasteiger charge is 2.31. The molecule has 0 aromatic heterocycles. The van der Waals surface area contributed by atoms with Gasteiger partial charge < -0.3 is 50.8 Å². The number of rotatable bonds is 6. The molecule has 3 rings (SSSR count). The topological polar surface area (TPSA) is 222 Å². The Balaban J connectivity index is 2.02. The van der Waals surface area contributed by atoms with E-state index in [9.17, 15) is 39.3 Å². The van der Waals surface area contributed by atoms with Gasteiger partial charge in [-0.05, 0) is 95.3 Å². The molecule has 0 saturated heterocycles. The maximum Gasteiger partial charge on any atom is 0.507 e. The Morgan fingerprint density at radius 2 is 1.35 bits per heavy atom. The highest BCUT2D eigenvalue weighted by molar-refractivity contribution is 5.91. The molecule has 1 aliphatic rings. The molecule has 2 aromatic carbocycles. The van der Waals surface area contributed by atoms with Crippen LogP contribution in [0.1, 0.15) is 65.5 Å². The number of phenols is 2. The van der Waals surface area contributed by atoms with Crippen LogP contribution < -0.4 is 21.3 Å². The van der Waals surface area contributed by atoms with Crippen molar-refractivity contribution < 1.29 is 53.5 Å². The average Bonchev–Trinajstić information content (AvgIpc) is 2.93. The fourth-order valence-electron chi connectivity index (χ4n) is 4.79. The lowest BCUT2D eigenvalue weighted by Crippen LogP contribution is -2.56. The molecule has 48 heavy (non-hydrogen) atoms. The van der Waals surface area contributed by atoms with E-state index in [0.717, 1.165) is 0 Å². The Hall–Kier alpha value is -5.21. The van der Waals surface area contributed by atoms with E-state index in [-0.39, 0.29) is 54.9 Å². The Kier molecular flexibility index (Phi) is 12.1. The predicted octanol–water partition coefficient (Wildman–Crippen LogP) is 3.68. The van der Waals surface area contributed by atoms with Gasteiger partial charge in [-0.25, -0.2) is 14.4 Å². The Labute approximate surface area is 278 Å². The van der Waals surface area contributed by atoms with Crippen LogP contribution in [0.5, 0.6) is 11.5 Å². The van der Waals surface area contributed by atoms with Crippen LogP contribution in [-0.2, 0) is 36.6 Å². The summed E-state index contributed by atoms with van der Waals surface area (Å²) in [5, 5.41) is 40.9. The number of carbonyl (C=O) groups is 5. The summed E-state index contributed by atoms with van der Waals surface area (Å²) in [5.74, 6) is -2.00. The molecular formula is C33H44N4O11. The molecule has 15 nitrogen and oxygen atoms in total. The van der Waals surface area contributed by atoms with Gasteiger partial charge in [0.2, 0.25) is 11.8 Å². The fraction of sp³-hybridized carbons (Fsp3) is 0.485. The molecule has 4 bridgehead atoms. The van der Waals surface area contributed by atoms with Crippen LogP contribution in [0, 0.1) is 0 Å². The molecule has 2 aromatic rings. The Morgan fingerprint density at radius 3 is 1.90 bits per heavy atom. The normalized spacial score (nSPS) is 18.6. The van der Waals surface area contributed by atoms with Crippen molar-refractivity contribution in [2.75, 3.05) is 6.54 Å². The first kappa shape index (κ1) is 37.2. The summed E-state index contributed by atoms with van der Waals surface area (Å²) < 4.78 is 15.5. The van der Waals surface area contributed by atoms with Crippen LogP contribution in [0.25, 0.3) is 11.1 Å².